The number of carbonyl (C=O) groups is 1. The van der Waals surface area contributed by atoms with Gasteiger partial charge in [0.2, 0.25) is 5.91 Å². The summed E-state index contributed by atoms with van der Waals surface area (Å²) in [7, 11) is 0. The van der Waals surface area contributed by atoms with E-state index >= 15 is 0 Å². The number of carbonyl (C=O) groups excluding carboxylic acids is 1. The lowest BCUT2D eigenvalue weighted by Gasteiger charge is -2.06. The van der Waals surface area contributed by atoms with E-state index in [0.717, 1.165) is 11.1 Å². The molecule has 1 aromatic heterocycles. The zero-order valence-electron chi connectivity index (χ0n) is 10.3. The monoisotopic (exact) mass is 257 g/mol. The van der Waals surface area contributed by atoms with Gasteiger partial charge in [0.1, 0.15) is 5.75 Å². The molecule has 0 aliphatic carbocycles. The van der Waals surface area contributed by atoms with Crippen LogP contribution in [0.15, 0.2) is 42.7 Å². The third kappa shape index (κ3) is 3.70. The van der Waals surface area contributed by atoms with Gasteiger partial charge >= 0.3 is 0 Å². The summed E-state index contributed by atoms with van der Waals surface area (Å²) in [6.07, 6.45) is 3.59. The van der Waals surface area contributed by atoms with E-state index < -0.39 is 0 Å². The van der Waals surface area contributed by atoms with E-state index in [1.165, 1.54) is 6.07 Å². The van der Waals surface area contributed by atoms with E-state index in [1.807, 2.05) is 12.1 Å². The molecule has 0 saturated carbocycles. The fraction of sp³-hybridized carbons (Fsp3) is 0.143. The first-order valence-electron chi connectivity index (χ1n) is 5.88. The van der Waals surface area contributed by atoms with Crippen LogP contribution in [0.25, 0.3) is 0 Å². The van der Waals surface area contributed by atoms with E-state index in [1.54, 1.807) is 24.5 Å². The Labute approximate surface area is 111 Å². The zero-order valence-corrected chi connectivity index (χ0v) is 10.3. The molecule has 5 nitrogen and oxygen atoms in total. The Morgan fingerprint density at radius 1 is 1.32 bits per heavy atom. The van der Waals surface area contributed by atoms with Crippen LogP contribution in [0.2, 0.25) is 0 Å². The number of rotatable bonds is 4. The first-order valence-corrected chi connectivity index (χ1v) is 5.88. The molecule has 0 aliphatic rings. The highest BCUT2D eigenvalue weighted by atomic mass is 16.3. The number of nitrogens with two attached hydrogens (primary N) is 1. The number of benzene rings is 1. The Hall–Kier alpha value is -2.56. The first kappa shape index (κ1) is 12.9. The fourth-order valence-electron chi connectivity index (χ4n) is 1.65. The van der Waals surface area contributed by atoms with E-state index in [4.69, 9.17) is 5.73 Å². The summed E-state index contributed by atoms with van der Waals surface area (Å²) in [6, 6.07) is 8.51. The van der Waals surface area contributed by atoms with Crippen LogP contribution in [0, 0.1) is 0 Å². The van der Waals surface area contributed by atoms with Crippen molar-refractivity contribution < 1.29 is 9.90 Å². The summed E-state index contributed by atoms with van der Waals surface area (Å²) in [6.45, 7) is 0.438. The second-order valence-electron chi connectivity index (χ2n) is 4.21. The van der Waals surface area contributed by atoms with Crippen molar-refractivity contribution in [1.29, 1.82) is 0 Å². The maximum absolute atomic E-state index is 11.7. The number of nitrogens with one attached hydrogen (secondary N) is 1. The number of phenols is 1. The van der Waals surface area contributed by atoms with Gasteiger partial charge in [0, 0.05) is 18.9 Å². The van der Waals surface area contributed by atoms with Gasteiger partial charge in [0.15, 0.2) is 0 Å². The van der Waals surface area contributed by atoms with Crippen molar-refractivity contribution in [3.05, 3.63) is 53.9 Å². The van der Waals surface area contributed by atoms with Crippen LogP contribution in [0.5, 0.6) is 5.75 Å². The van der Waals surface area contributed by atoms with Gasteiger partial charge in [-0.2, -0.15) is 0 Å². The van der Waals surface area contributed by atoms with Crippen molar-refractivity contribution in [3.8, 4) is 5.75 Å². The number of amides is 1. The lowest BCUT2D eigenvalue weighted by Crippen LogP contribution is -2.24. The van der Waals surface area contributed by atoms with Gasteiger partial charge in [-0.25, -0.2) is 0 Å². The summed E-state index contributed by atoms with van der Waals surface area (Å²) >= 11 is 0. The number of aromatic nitrogens is 1. The van der Waals surface area contributed by atoms with Crippen molar-refractivity contribution >= 4 is 11.6 Å². The number of hydrogen-bond acceptors (Lipinski definition) is 4. The molecular weight excluding hydrogens is 242 g/mol. The van der Waals surface area contributed by atoms with Crippen molar-refractivity contribution in [2.75, 3.05) is 5.73 Å². The predicted octanol–water partition coefficient (Wildman–Crippen LogP) is 1.23. The molecule has 1 aromatic carbocycles. The molecule has 0 radical (unpaired) electrons. The van der Waals surface area contributed by atoms with Crippen molar-refractivity contribution in [1.82, 2.24) is 10.3 Å². The Balaban J connectivity index is 1.89. The Bertz CT molecular complexity index is 570. The lowest BCUT2D eigenvalue weighted by atomic mass is 10.1. The molecule has 0 spiro atoms. The standard InChI is InChI=1S/C14H15N3O2/c15-12-4-3-10(6-13(12)18)7-14(19)17-9-11-2-1-5-16-8-11/h1-6,8,18H,7,9,15H2,(H,17,19). The minimum absolute atomic E-state index is 0.00226. The number of nitrogen functional groups attached to an aromatic ring is 1. The smallest absolute Gasteiger partial charge is 0.224 e. The zero-order chi connectivity index (χ0) is 13.7. The van der Waals surface area contributed by atoms with Crippen LogP contribution in [-0.4, -0.2) is 16.0 Å². The third-order valence-electron chi connectivity index (χ3n) is 2.67. The number of aromatic hydroxyl groups is 1. The van der Waals surface area contributed by atoms with Crippen LogP contribution in [-0.2, 0) is 17.8 Å². The van der Waals surface area contributed by atoms with Gasteiger partial charge in [0.25, 0.3) is 0 Å². The molecule has 0 atom stereocenters. The number of hydrogen-bond donors (Lipinski definition) is 3. The number of pyridine rings is 1. The van der Waals surface area contributed by atoms with Crippen molar-refractivity contribution in [3.63, 3.8) is 0 Å². The van der Waals surface area contributed by atoms with Gasteiger partial charge in [-0.1, -0.05) is 12.1 Å². The van der Waals surface area contributed by atoms with Crippen LogP contribution in [0.4, 0.5) is 5.69 Å². The van der Waals surface area contributed by atoms with Gasteiger partial charge in [-0.15, -0.1) is 0 Å². The molecular formula is C14H15N3O2. The molecule has 0 saturated heterocycles. The molecule has 0 bridgehead atoms. The summed E-state index contributed by atoms with van der Waals surface area (Å²) < 4.78 is 0. The predicted molar refractivity (Wildman–Crippen MR) is 72.3 cm³/mol. The highest BCUT2D eigenvalue weighted by Gasteiger charge is 2.05. The largest absolute Gasteiger partial charge is 0.506 e. The highest BCUT2D eigenvalue weighted by Crippen LogP contribution is 2.20. The Morgan fingerprint density at radius 2 is 2.16 bits per heavy atom. The topological polar surface area (TPSA) is 88.2 Å². The Morgan fingerprint density at radius 3 is 2.84 bits per heavy atom. The number of nitrogens with zero attached hydrogens (tertiary/aromatic N) is 1. The minimum atomic E-state index is -0.118. The van der Waals surface area contributed by atoms with Crippen LogP contribution >= 0.6 is 0 Å². The average Bonchev–Trinajstić information content (AvgIpc) is 2.42. The molecule has 98 valence electrons. The summed E-state index contributed by atoms with van der Waals surface area (Å²) in [5, 5.41) is 12.2. The van der Waals surface area contributed by atoms with Gasteiger partial charge < -0.3 is 16.2 Å². The van der Waals surface area contributed by atoms with Crippen LogP contribution < -0.4 is 11.1 Å². The van der Waals surface area contributed by atoms with E-state index in [9.17, 15) is 9.90 Å². The van der Waals surface area contributed by atoms with E-state index in [2.05, 4.69) is 10.3 Å². The van der Waals surface area contributed by atoms with Gasteiger partial charge in [-0.3, -0.25) is 9.78 Å². The molecule has 4 N–H and O–H groups in total. The molecule has 1 heterocycles. The minimum Gasteiger partial charge on any atom is -0.506 e. The SMILES string of the molecule is Nc1ccc(CC(=O)NCc2cccnc2)cc1O. The van der Waals surface area contributed by atoms with E-state index in [-0.39, 0.29) is 18.1 Å². The summed E-state index contributed by atoms with van der Waals surface area (Å²) in [4.78, 5) is 15.7. The van der Waals surface area contributed by atoms with Crippen molar-refractivity contribution in [2.24, 2.45) is 0 Å². The second kappa shape index (κ2) is 5.86. The maximum Gasteiger partial charge on any atom is 0.224 e. The molecule has 19 heavy (non-hydrogen) atoms. The highest BCUT2D eigenvalue weighted by molar-refractivity contribution is 5.79. The quantitative estimate of drug-likeness (QED) is 0.567. The molecule has 2 rings (SSSR count). The molecule has 5 heteroatoms. The molecule has 0 fully saturated rings. The molecule has 1 amide bonds. The molecule has 2 aromatic rings. The molecule has 0 unspecified atom stereocenters. The number of anilines is 1. The number of phenolic OH excluding ortho intramolecular Hbond substituents is 1. The van der Waals surface area contributed by atoms with Gasteiger partial charge in [0.05, 0.1) is 12.1 Å². The van der Waals surface area contributed by atoms with Crippen LogP contribution in [0.3, 0.4) is 0 Å². The first-order chi connectivity index (χ1) is 9.15. The third-order valence-corrected chi connectivity index (χ3v) is 2.67. The summed E-state index contributed by atoms with van der Waals surface area (Å²) in [5.74, 6) is -0.120. The normalized spacial score (nSPS) is 10.1. The van der Waals surface area contributed by atoms with Crippen LogP contribution in [0.1, 0.15) is 11.1 Å². The van der Waals surface area contributed by atoms with Gasteiger partial charge in [-0.05, 0) is 29.3 Å². The van der Waals surface area contributed by atoms with Crippen molar-refractivity contribution in [2.45, 2.75) is 13.0 Å². The average molecular weight is 257 g/mol. The Kier molecular flexibility index (Phi) is 3.97. The fourth-order valence-corrected chi connectivity index (χ4v) is 1.65. The van der Waals surface area contributed by atoms with E-state index in [0.29, 0.717) is 12.2 Å². The lowest BCUT2D eigenvalue weighted by molar-refractivity contribution is -0.120. The second-order valence-corrected chi connectivity index (χ2v) is 4.21. The summed E-state index contributed by atoms with van der Waals surface area (Å²) in [5.41, 5.74) is 7.46. The molecule has 0 aliphatic heterocycles. The maximum atomic E-state index is 11.7.